The molecule has 2 aromatic heterocycles. The molecule has 0 bridgehead atoms. The highest BCUT2D eigenvalue weighted by atomic mass is 19.4. The summed E-state index contributed by atoms with van der Waals surface area (Å²) in [4.78, 5) is 0. The Hall–Kier alpha value is -7.93. The van der Waals surface area contributed by atoms with Gasteiger partial charge in [0, 0.05) is 38.2 Å². The molecule has 0 aliphatic rings. The zero-order valence-electron chi connectivity index (χ0n) is 33.6. The van der Waals surface area contributed by atoms with Gasteiger partial charge in [-0.25, -0.2) is 0 Å². The molecule has 0 unspecified atom stereocenters. The fourth-order valence-corrected chi connectivity index (χ4v) is 8.61. The van der Waals surface area contributed by atoms with E-state index in [1.54, 1.807) is 6.07 Å². The lowest BCUT2D eigenvalue weighted by atomic mass is 9.87. The van der Waals surface area contributed by atoms with Gasteiger partial charge in [0.1, 0.15) is 0 Å². The number of fused-ring (bicyclic) bond motifs is 6. The molecule has 7 aromatic carbocycles. The Morgan fingerprint density at radius 2 is 0.647 bits per heavy atom. The van der Waals surface area contributed by atoms with Gasteiger partial charge in [0.05, 0.1) is 84.5 Å². The van der Waals surface area contributed by atoms with E-state index in [1.165, 1.54) is 45.5 Å². The predicted octanol–water partition coefficient (Wildman–Crippen LogP) is 16.1. The minimum Gasteiger partial charge on any atom is -0.309 e. The van der Waals surface area contributed by atoms with Crippen molar-refractivity contribution in [2.45, 2.75) is 30.9 Å². The molecule has 0 saturated carbocycles. The van der Waals surface area contributed by atoms with Gasteiger partial charge < -0.3 is 9.13 Å². The topological polar surface area (TPSA) is 57.4 Å². The second kappa shape index (κ2) is 15.3. The smallest absolute Gasteiger partial charge is 0.309 e. The third-order valence-corrected chi connectivity index (χ3v) is 11.5. The molecular weight excluding hydrogens is 930 g/mol. The van der Waals surface area contributed by atoms with Crippen LogP contribution in [0.4, 0.5) is 65.9 Å². The quantitative estimate of drug-likeness (QED) is 0.165. The third kappa shape index (κ3) is 7.47. The predicted molar refractivity (Wildman–Crippen MR) is 220 cm³/mol. The number of hydrogen-bond donors (Lipinski definition) is 0. The third-order valence-electron chi connectivity index (χ3n) is 11.5. The number of aromatic nitrogens is 2. The molecule has 2 heterocycles. The monoisotopic (exact) mass is 950 g/mol. The molecule has 0 aliphatic carbocycles. The Labute approximate surface area is 371 Å². The van der Waals surface area contributed by atoms with Crippen LogP contribution in [0.5, 0.6) is 0 Å². The second-order valence-electron chi connectivity index (χ2n) is 15.5. The Morgan fingerprint density at radius 3 is 1.00 bits per heavy atom. The van der Waals surface area contributed by atoms with Crippen LogP contribution in [-0.2, 0) is 30.9 Å². The average Bonchev–Trinajstić information content (AvgIpc) is 3.78. The summed E-state index contributed by atoms with van der Waals surface area (Å²) in [5, 5.41) is 19.8. The van der Waals surface area contributed by atoms with Gasteiger partial charge in [-0.2, -0.15) is 76.4 Å². The van der Waals surface area contributed by atoms with E-state index in [-0.39, 0.29) is 82.8 Å². The van der Waals surface area contributed by atoms with Gasteiger partial charge in [-0.3, -0.25) is 0 Å². The fourth-order valence-electron chi connectivity index (χ4n) is 8.61. The molecule has 19 heteroatoms. The molecule has 0 aliphatic heterocycles. The van der Waals surface area contributed by atoms with Gasteiger partial charge in [-0.05, 0) is 109 Å². The maximum atomic E-state index is 14.2. The van der Waals surface area contributed by atoms with E-state index in [1.807, 2.05) is 6.07 Å². The molecule has 0 amide bonds. The minimum atomic E-state index is -4.99. The SMILES string of the molecule is N#Cc1cc(C(F)(F)F)ccc1-c1cccc(-n2c3ccc(C(F)(F)F)cc3c3cc(C(F)(F)F)ccc32)c1-c1c(C#N)cccc1-n1c2ccc(C(F)(F)F)cc2c2cc(C(F)(F)F)ccc21. The number of rotatable bonds is 4. The van der Waals surface area contributed by atoms with Crippen molar-refractivity contribution in [2.75, 3.05) is 0 Å². The number of hydrogen-bond acceptors (Lipinski definition) is 2. The lowest BCUT2D eigenvalue weighted by molar-refractivity contribution is -0.138. The van der Waals surface area contributed by atoms with Crippen molar-refractivity contribution in [2.24, 2.45) is 0 Å². The van der Waals surface area contributed by atoms with Gasteiger partial charge in [0.25, 0.3) is 0 Å². The summed E-state index contributed by atoms with van der Waals surface area (Å²) in [6.07, 6.45) is -24.9. The molecule has 342 valence electrons. The molecule has 9 aromatic rings. The van der Waals surface area contributed by atoms with Crippen LogP contribution in [0.1, 0.15) is 38.9 Å². The Morgan fingerprint density at radius 1 is 0.324 bits per heavy atom. The number of halogens is 15. The number of benzene rings is 7. The minimum absolute atomic E-state index is 0.133. The van der Waals surface area contributed by atoms with Gasteiger partial charge in [0.2, 0.25) is 0 Å². The van der Waals surface area contributed by atoms with Crippen molar-refractivity contribution < 1.29 is 65.9 Å². The van der Waals surface area contributed by atoms with Crippen LogP contribution >= 0.6 is 0 Å². The lowest BCUT2D eigenvalue weighted by Gasteiger charge is -2.23. The van der Waals surface area contributed by atoms with Crippen molar-refractivity contribution in [3.8, 4) is 45.8 Å². The van der Waals surface area contributed by atoms with Crippen molar-refractivity contribution in [3.05, 3.63) is 166 Å². The lowest BCUT2D eigenvalue weighted by Crippen LogP contribution is -2.07. The van der Waals surface area contributed by atoms with Crippen LogP contribution in [-0.4, -0.2) is 9.13 Å². The molecule has 0 radical (unpaired) electrons. The number of alkyl halides is 15. The first-order chi connectivity index (χ1) is 31.8. The van der Waals surface area contributed by atoms with Crippen LogP contribution in [0.15, 0.2) is 127 Å². The zero-order valence-corrected chi connectivity index (χ0v) is 33.6. The highest BCUT2D eigenvalue weighted by Gasteiger charge is 2.37. The molecule has 0 spiro atoms. The maximum Gasteiger partial charge on any atom is 0.416 e. The van der Waals surface area contributed by atoms with Crippen LogP contribution in [0.3, 0.4) is 0 Å². The van der Waals surface area contributed by atoms with Crippen LogP contribution in [0.2, 0.25) is 0 Å². The Bertz CT molecular complexity index is 3500. The summed E-state index contributed by atoms with van der Waals surface area (Å²) in [5.41, 5.74) is -8.68. The van der Waals surface area contributed by atoms with Gasteiger partial charge in [0.15, 0.2) is 0 Å². The van der Waals surface area contributed by atoms with Gasteiger partial charge >= 0.3 is 30.9 Å². The van der Waals surface area contributed by atoms with Crippen molar-refractivity contribution >= 4 is 43.6 Å². The first kappa shape index (κ1) is 45.2. The van der Waals surface area contributed by atoms with Crippen LogP contribution in [0, 0.1) is 22.7 Å². The standard InChI is InChI=1S/C49H21F15N4/c50-45(51,52)26-7-12-31(25(17-26)23-66)32-4-2-6-42(68-39-15-10-29(48(59,60)61)20-35(39)36-21-30(49(62,63)64)11-16-40(36)68)44(32)43-24(22-65)3-1-5-41(43)67-37-13-8-27(46(53,54)55)18-33(37)34-19-28(47(56,57)58)9-14-38(34)67/h1-21H. The Balaban J connectivity index is 1.49. The summed E-state index contributed by atoms with van der Waals surface area (Å²) < 4.78 is 215. The normalized spacial score (nSPS) is 12.9. The first-order valence-electron chi connectivity index (χ1n) is 19.6. The fraction of sp³-hybridized carbons (Fsp3) is 0.102. The molecule has 0 atom stereocenters. The molecular formula is C49H21F15N4. The highest BCUT2D eigenvalue weighted by molar-refractivity contribution is 6.13. The molecule has 4 nitrogen and oxygen atoms in total. The van der Waals surface area contributed by atoms with Crippen molar-refractivity contribution in [3.63, 3.8) is 0 Å². The number of nitrogens with zero attached hydrogens (tertiary/aromatic N) is 4. The van der Waals surface area contributed by atoms with Crippen LogP contribution in [0.25, 0.3) is 77.2 Å². The largest absolute Gasteiger partial charge is 0.416 e. The maximum absolute atomic E-state index is 14.2. The average molecular weight is 951 g/mol. The summed E-state index contributed by atoms with van der Waals surface area (Å²) >= 11 is 0. The van der Waals surface area contributed by atoms with Crippen molar-refractivity contribution in [1.29, 1.82) is 10.5 Å². The summed E-state index contributed by atoms with van der Waals surface area (Å²) in [6.45, 7) is 0. The highest BCUT2D eigenvalue weighted by Crippen LogP contribution is 2.49. The molecule has 0 fully saturated rings. The van der Waals surface area contributed by atoms with Crippen molar-refractivity contribution in [1.82, 2.24) is 9.13 Å². The number of nitriles is 2. The van der Waals surface area contributed by atoms with E-state index in [4.69, 9.17) is 0 Å². The van der Waals surface area contributed by atoms with E-state index >= 15 is 0 Å². The zero-order chi connectivity index (χ0) is 49.0. The van der Waals surface area contributed by atoms with Gasteiger partial charge in [-0.1, -0.05) is 24.3 Å². The summed E-state index contributed by atoms with van der Waals surface area (Å²) in [7, 11) is 0. The Kier molecular flexibility index (Phi) is 10.2. The van der Waals surface area contributed by atoms with E-state index in [9.17, 15) is 76.4 Å². The molecule has 9 rings (SSSR count). The van der Waals surface area contributed by atoms with E-state index in [0.29, 0.717) is 60.7 Å². The van der Waals surface area contributed by atoms with E-state index in [2.05, 4.69) is 0 Å². The van der Waals surface area contributed by atoms with E-state index in [0.717, 1.165) is 30.3 Å². The summed E-state index contributed by atoms with van der Waals surface area (Å²) in [6, 6.07) is 22.8. The van der Waals surface area contributed by atoms with Crippen LogP contribution < -0.4 is 0 Å². The first-order valence-corrected chi connectivity index (χ1v) is 19.6. The summed E-state index contributed by atoms with van der Waals surface area (Å²) in [5.74, 6) is 0. The second-order valence-corrected chi connectivity index (χ2v) is 15.5. The molecule has 68 heavy (non-hydrogen) atoms. The molecule has 0 N–H and O–H groups in total. The van der Waals surface area contributed by atoms with Gasteiger partial charge in [-0.15, -0.1) is 0 Å². The van der Waals surface area contributed by atoms with E-state index < -0.39 is 64.3 Å². The molecule has 0 saturated heterocycles.